The van der Waals surface area contributed by atoms with Crippen LogP contribution in [0.2, 0.25) is 0 Å². The number of rotatable bonds is 3. The Kier molecular flexibility index (Phi) is 3.39. The van der Waals surface area contributed by atoms with E-state index in [9.17, 15) is 9.59 Å². The molecule has 0 saturated heterocycles. The van der Waals surface area contributed by atoms with Gasteiger partial charge in [-0.1, -0.05) is 6.92 Å². The van der Waals surface area contributed by atoms with E-state index in [-0.39, 0.29) is 23.0 Å². The lowest BCUT2D eigenvalue weighted by atomic mass is 9.61. The van der Waals surface area contributed by atoms with Crippen LogP contribution >= 0.6 is 11.6 Å². The summed E-state index contributed by atoms with van der Waals surface area (Å²) in [5.74, 6) is 0.966. The molecule has 2 fully saturated rings. The van der Waals surface area contributed by atoms with E-state index in [0.29, 0.717) is 30.9 Å². The van der Waals surface area contributed by atoms with Crippen LogP contribution in [0.25, 0.3) is 0 Å². The van der Waals surface area contributed by atoms with Gasteiger partial charge in [0.15, 0.2) is 0 Å². The fourth-order valence-electron chi connectivity index (χ4n) is 3.72. The molecule has 1 unspecified atom stereocenters. The second-order valence-electron chi connectivity index (χ2n) is 5.21. The zero-order valence-electron chi connectivity index (χ0n) is 9.80. The molecule has 0 N–H and O–H groups in total. The number of alkyl halides is 1. The van der Waals surface area contributed by atoms with E-state index in [0.717, 1.165) is 19.3 Å². The molecule has 2 aliphatic carbocycles. The molecule has 0 aromatic heterocycles. The molecule has 16 heavy (non-hydrogen) atoms. The van der Waals surface area contributed by atoms with E-state index >= 15 is 0 Å². The Labute approximate surface area is 102 Å². The summed E-state index contributed by atoms with van der Waals surface area (Å²) in [6, 6.07) is 0. The molecule has 2 nitrogen and oxygen atoms in total. The van der Waals surface area contributed by atoms with E-state index in [1.54, 1.807) is 0 Å². The molecule has 0 aromatic carbocycles. The Morgan fingerprint density at radius 3 is 2.44 bits per heavy atom. The molecule has 0 spiro atoms. The number of Topliss-reactive ketones (excluding diaryl/α,β-unsaturated/α-hetero) is 2. The molecule has 3 atom stereocenters. The Hall–Kier alpha value is -0.370. The van der Waals surface area contributed by atoms with E-state index in [4.69, 9.17) is 11.6 Å². The summed E-state index contributed by atoms with van der Waals surface area (Å²) in [6.07, 6.45) is 4.92. The van der Waals surface area contributed by atoms with Gasteiger partial charge in [0.05, 0.1) is 0 Å². The monoisotopic (exact) mass is 242 g/mol. The minimum atomic E-state index is -0.0822. The second-order valence-corrected chi connectivity index (χ2v) is 5.59. The van der Waals surface area contributed by atoms with Crippen molar-refractivity contribution in [3.63, 3.8) is 0 Å². The maximum absolute atomic E-state index is 12.0. The Morgan fingerprint density at radius 2 is 1.88 bits per heavy atom. The molecule has 2 saturated carbocycles. The summed E-state index contributed by atoms with van der Waals surface area (Å²) >= 11 is 5.76. The summed E-state index contributed by atoms with van der Waals surface area (Å²) in [6.45, 7) is 2.15. The average molecular weight is 243 g/mol. The third-order valence-electron chi connectivity index (χ3n) is 4.69. The lowest BCUT2D eigenvalue weighted by molar-refractivity contribution is -0.138. The maximum Gasteiger partial charge on any atom is 0.137 e. The van der Waals surface area contributed by atoms with Crippen molar-refractivity contribution < 1.29 is 9.59 Å². The molecule has 3 heteroatoms. The van der Waals surface area contributed by atoms with E-state index in [1.165, 1.54) is 0 Å². The number of carbonyl (C=O) groups is 2. The zero-order chi connectivity index (χ0) is 11.8. The van der Waals surface area contributed by atoms with E-state index in [2.05, 4.69) is 6.92 Å². The van der Waals surface area contributed by atoms with Crippen molar-refractivity contribution >= 4 is 23.2 Å². The fraction of sp³-hybridized carbons (Fsp3) is 0.846. The summed E-state index contributed by atoms with van der Waals surface area (Å²) in [5.41, 5.74) is 0.127. The van der Waals surface area contributed by atoms with Crippen molar-refractivity contribution in [2.24, 2.45) is 17.3 Å². The van der Waals surface area contributed by atoms with Gasteiger partial charge in [-0.2, -0.15) is 0 Å². The van der Waals surface area contributed by atoms with Crippen LogP contribution < -0.4 is 0 Å². The molecule has 0 bridgehead atoms. The SMILES string of the molecule is CC[C@@]12CCC(=O)C(CCCl)[C@@H]1C(=O)CC2. The topological polar surface area (TPSA) is 34.1 Å². The molecule has 0 heterocycles. The third kappa shape index (κ3) is 1.71. The standard InChI is InChI=1S/C13H19ClO2/c1-2-13-6-3-10(15)9(5-8-14)12(13)11(16)4-7-13/h9,12H,2-8H2,1H3/t9?,12-,13+/m1/s1. The number of fused-ring (bicyclic) bond motifs is 1. The van der Waals surface area contributed by atoms with Crippen molar-refractivity contribution in [3.05, 3.63) is 0 Å². The van der Waals surface area contributed by atoms with Crippen LogP contribution in [0.15, 0.2) is 0 Å². The normalized spacial score (nSPS) is 38.9. The number of ketones is 2. The van der Waals surface area contributed by atoms with E-state index in [1.807, 2.05) is 0 Å². The minimum absolute atomic E-state index is 0.0162. The van der Waals surface area contributed by atoms with Crippen LogP contribution in [0, 0.1) is 17.3 Å². The third-order valence-corrected chi connectivity index (χ3v) is 4.90. The fourth-order valence-corrected chi connectivity index (χ4v) is 3.95. The van der Waals surface area contributed by atoms with Crippen molar-refractivity contribution in [1.29, 1.82) is 0 Å². The summed E-state index contributed by atoms with van der Waals surface area (Å²) in [7, 11) is 0. The lowest BCUT2D eigenvalue weighted by Gasteiger charge is -2.41. The highest BCUT2D eigenvalue weighted by molar-refractivity contribution is 6.18. The molecule has 0 aromatic rings. The van der Waals surface area contributed by atoms with Crippen LogP contribution in [0.3, 0.4) is 0 Å². The lowest BCUT2D eigenvalue weighted by Crippen LogP contribution is -2.43. The van der Waals surface area contributed by atoms with Gasteiger partial charge in [-0.15, -0.1) is 11.6 Å². The van der Waals surface area contributed by atoms with Crippen molar-refractivity contribution in [2.75, 3.05) is 5.88 Å². The second kappa shape index (κ2) is 4.48. The van der Waals surface area contributed by atoms with Gasteiger partial charge in [-0.25, -0.2) is 0 Å². The van der Waals surface area contributed by atoms with Gasteiger partial charge in [-0.3, -0.25) is 9.59 Å². The molecular formula is C13H19ClO2. The first-order valence-electron chi connectivity index (χ1n) is 6.26. The summed E-state index contributed by atoms with van der Waals surface area (Å²) in [5, 5.41) is 0. The number of hydrogen-bond donors (Lipinski definition) is 0. The molecule has 0 aliphatic heterocycles. The smallest absolute Gasteiger partial charge is 0.137 e. The van der Waals surface area contributed by atoms with E-state index < -0.39 is 0 Å². The Morgan fingerprint density at radius 1 is 1.25 bits per heavy atom. The molecule has 2 aliphatic rings. The predicted molar refractivity (Wildman–Crippen MR) is 63.5 cm³/mol. The van der Waals surface area contributed by atoms with Gasteiger partial charge in [0.25, 0.3) is 0 Å². The van der Waals surface area contributed by atoms with Gasteiger partial charge < -0.3 is 0 Å². The van der Waals surface area contributed by atoms with Crippen LogP contribution in [0.5, 0.6) is 0 Å². The van der Waals surface area contributed by atoms with Gasteiger partial charge in [0.2, 0.25) is 0 Å². The van der Waals surface area contributed by atoms with Crippen molar-refractivity contribution in [2.45, 2.75) is 45.4 Å². The van der Waals surface area contributed by atoms with Gasteiger partial charge in [-0.05, 0) is 31.1 Å². The summed E-state index contributed by atoms with van der Waals surface area (Å²) in [4.78, 5) is 23.9. The zero-order valence-corrected chi connectivity index (χ0v) is 10.6. The first-order valence-corrected chi connectivity index (χ1v) is 6.79. The van der Waals surface area contributed by atoms with Crippen LogP contribution in [-0.4, -0.2) is 17.4 Å². The van der Waals surface area contributed by atoms with Gasteiger partial charge in [0.1, 0.15) is 11.6 Å². The highest BCUT2D eigenvalue weighted by Crippen LogP contribution is 2.54. The van der Waals surface area contributed by atoms with Gasteiger partial charge in [0, 0.05) is 30.6 Å². The number of carbonyl (C=O) groups excluding carboxylic acids is 2. The number of hydrogen-bond acceptors (Lipinski definition) is 2. The molecule has 2 rings (SSSR count). The highest BCUT2D eigenvalue weighted by Gasteiger charge is 2.54. The molecular weight excluding hydrogens is 224 g/mol. The molecule has 0 radical (unpaired) electrons. The Bertz CT molecular complexity index is 313. The highest BCUT2D eigenvalue weighted by atomic mass is 35.5. The van der Waals surface area contributed by atoms with Crippen molar-refractivity contribution in [3.8, 4) is 0 Å². The quantitative estimate of drug-likeness (QED) is 0.713. The minimum Gasteiger partial charge on any atom is -0.299 e. The first kappa shape index (κ1) is 12.1. The first-order chi connectivity index (χ1) is 7.64. The number of halogens is 1. The largest absolute Gasteiger partial charge is 0.299 e. The summed E-state index contributed by atoms with van der Waals surface area (Å²) < 4.78 is 0. The molecule has 0 amide bonds. The van der Waals surface area contributed by atoms with Crippen molar-refractivity contribution in [1.82, 2.24) is 0 Å². The van der Waals surface area contributed by atoms with Gasteiger partial charge >= 0.3 is 0 Å². The molecule has 90 valence electrons. The Balaban J connectivity index is 2.29. The van der Waals surface area contributed by atoms with Crippen LogP contribution in [-0.2, 0) is 9.59 Å². The average Bonchev–Trinajstić information content (AvgIpc) is 2.62. The predicted octanol–water partition coefficient (Wildman–Crippen LogP) is 2.97. The van der Waals surface area contributed by atoms with Crippen LogP contribution in [0.1, 0.15) is 45.4 Å². The maximum atomic E-state index is 12.0. The van der Waals surface area contributed by atoms with Crippen LogP contribution in [0.4, 0.5) is 0 Å².